The normalized spacial score (nSPS) is 12.0. The predicted molar refractivity (Wildman–Crippen MR) is 189 cm³/mol. The number of azo groups is 2. The average molecular weight is 761 g/mol. The highest BCUT2D eigenvalue weighted by Gasteiger charge is 2.23. The van der Waals surface area contributed by atoms with Crippen LogP contribution in [0.15, 0.2) is 85.8 Å². The number of hydrogen-bond acceptors (Lipinski definition) is 16. The maximum absolute atomic E-state index is 13.7. The van der Waals surface area contributed by atoms with Crippen LogP contribution in [0.3, 0.4) is 0 Å². The maximum Gasteiger partial charge on any atom is 0.333 e. The molecule has 0 bridgehead atoms. The van der Waals surface area contributed by atoms with E-state index in [1.165, 1.54) is 64.6 Å². The molecule has 2 heterocycles. The van der Waals surface area contributed by atoms with Crippen molar-refractivity contribution < 1.29 is 28.0 Å². The lowest BCUT2D eigenvalue weighted by molar-refractivity contribution is -0.244. The first-order valence-electron chi connectivity index (χ1n) is 15.5. The van der Waals surface area contributed by atoms with E-state index in [2.05, 4.69) is 30.7 Å². The van der Waals surface area contributed by atoms with Crippen molar-refractivity contribution in [3.05, 3.63) is 78.1 Å². The molecule has 0 aliphatic carbocycles. The van der Waals surface area contributed by atoms with Crippen LogP contribution >= 0.6 is 12.0 Å². The van der Waals surface area contributed by atoms with Gasteiger partial charge in [0.2, 0.25) is 33.2 Å². The smallest absolute Gasteiger partial charge is 0.333 e. The fourth-order valence-corrected chi connectivity index (χ4v) is 6.40. The van der Waals surface area contributed by atoms with Gasteiger partial charge in [0.15, 0.2) is 0 Å². The summed E-state index contributed by atoms with van der Waals surface area (Å²) in [5.41, 5.74) is -1.17. The fraction of sp³-hybridized carbons (Fsp3) is 0.333. The number of sulfonamides is 1. The lowest BCUT2D eigenvalue weighted by atomic mass is 10.0. The molecule has 0 fully saturated rings. The minimum absolute atomic E-state index is 0.0162. The lowest BCUT2D eigenvalue weighted by Gasteiger charge is -2.15. The topological polar surface area (TPSA) is 255 Å². The highest BCUT2D eigenvalue weighted by atomic mass is 32.2. The van der Waals surface area contributed by atoms with Crippen molar-refractivity contribution >= 4 is 44.8 Å². The zero-order valence-corrected chi connectivity index (χ0v) is 30.5. The molecular formula is C30H36N10O10S2. The van der Waals surface area contributed by atoms with Gasteiger partial charge in [-0.1, -0.05) is 26.0 Å². The number of benzene rings is 2. The molecule has 0 atom stereocenters. The van der Waals surface area contributed by atoms with Gasteiger partial charge in [-0.15, -0.1) is 19.6 Å². The van der Waals surface area contributed by atoms with Crippen molar-refractivity contribution in [3.63, 3.8) is 0 Å². The first-order chi connectivity index (χ1) is 24.6. The van der Waals surface area contributed by atoms with Crippen LogP contribution in [0.2, 0.25) is 0 Å². The van der Waals surface area contributed by atoms with Gasteiger partial charge in [-0.2, -0.15) is 15.7 Å². The van der Waals surface area contributed by atoms with E-state index in [1.54, 1.807) is 6.92 Å². The van der Waals surface area contributed by atoms with Crippen LogP contribution in [0.1, 0.15) is 26.7 Å². The van der Waals surface area contributed by atoms with Gasteiger partial charge in [0, 0.05) is 51.7 Å². The molecule has 278 valence electrons. The van der Waals surface area contributed by atoms with E-state index in [0.29, 0.717) is 30.6 Å². The summed E-state index contributed by atoms with van der Waals surface area (Å²) in [5, 5.41) is 36.5. The number of nitrogens with one attached hydrogen (secondary N) is 2. The standard InChI is InChI=1S/C30H36N10O10S2/c1-7-13-31-49-50-51-21-15-17(33-35-23-25(41)37(3)29(45)38(4)26(23)42)9-11-19(21)20-12-10-18(16-22(20)52(47,48)32-14-8-2)34-36-24-27(43)39(5)30(46)40(6)28(24)44/h9-12,15-16,31-32,41,43H,7-8,13-14H2,1-6H3. The second-order valence-electron chi connectivity index (χ2n) is 11.0. The van der Waals surface area contributed by atoms with E-state index >= 15 is 0 Å². The van der Waals surface area contributed by atoms with E-state index < -0.39 is 55.7 Å². The Kier molecular flexibility index (Phi) is 12.8. The van der Waals surface area contributed by atoms with E-state index in [-0.39, 0.29) is 33.3 Å². The molecule has 4 rings (SSSR count). The molecular weight excluding hydrogens is 725 g/mol. The fourth-order valence-electron chi connectivity index (χ4n) is 4.44. The number of rotatable bonds is 15. The van der Waals surface area contributed by atoms with E-state index in [0.717, 1.165) is 24.7 Å². The van der Waals surface area contributed by atoms with Gasteiger partial charge in [-0.05, 0) is 42.7 Å². The van der Waals surface area contributed by atoms with Crippen LogP contribution in [0, 0.1) is 0 Å². The SMILES string of the molecule is CCCNOOSc1cc(N=Nc2c(O)n(C)c(=O)n(C)c2=O)ccc1-c1ccc(N=Nc2c(O)n(C)c(=O)n(C)c2=O)cc1S(=O)(=O)NCCC. The van der Waals surface area contributed by atoms with Crippen molar-refractivity contribution in [2.75, 3.05) is 13.1 Å². The minimum atomic E-state index is -4.21. The Bertz CT molecular complexity index is 2400. The Morgan fingerprint density at radius 2 is 1.21 bits per heavy atom. The average Bonchev–Trinajstić information content (AvgIpc) is 3.13. The molecule has 0 amide bonds. The number of aromatic hydroxyl groups is 2. The summed E-state index contributed by atoms with van der Waals surface area (Å²) >= 11 is 0.700. The Morgan fingerprint density at radius 1 is 0.712 bits per heavy atom. The van der Waals surface area contributed by atoms with Gasteiger partial charge in [0.25, 0.3) is 11.1 Å². The first-order valence-corrected chi connectivity index (χ1v) is 17.7. The summed E-state index contributed by atoms with van der Waals surface area (Å²) in [5.74, 6) is -1.42. The molecule has 2 aromatic carbocycles. The van der Waals surface area contributed by atoms with Crippen molar-refractivity contribution in [1.29, 1.82) is 0 Å². The zero-order chi connectivity index (χ0) is 38.3. The van der Waals surface area contributed by atoms with E-state index in [1.807, 2.05) is 6.92 Å². The number of aromatic nitrogens is 4. The van der Waals surface area contributed by atoms with Crippen molar-refractivity contribution in [1.82, 2.24) is 28.5 Å². The van der Waals surface area contributed by atoms with Crippen molar-refractivity contribution in [2.24, 2.45) is 48.6 Å². The second-order valence-corrected chi connectivity index (χ2v) is 13.5. The van der Waals surface area contributed by atoms with Gasteiger partial charge in [-0.25, -0.2) is 22.7 Å². The van der Waals surface area contributed by atoms with Gasteiger partial charge < -0.3 is 10.2 Å². The lowest BCUT2D eigenvalue weighted by Crippen LogP contribution is -2.36. The van der Waals surface area contributed by atoms with Gasteiger partial charge in [0.1, 0.15) is 0 Å². The molecule has 0 saturated heterocycles. The third-order valence-corrected chi connectivity index (χ3v) is 9.53. The summed E-state index contributed by atoms with van der Waals surface area (Å²) in [6.45, 7) is 4.26. The highest BCUT2D eigenvalue weighted by Crippen LogP contribution is 2.40. The van der Waals surface area contributed by atoms with Crippen LogP contribution in [0.25, 0.3) is 11.1 Å². The summed E-state index contributed by atoms with van der Waals surface area (Å²) in [4.78, 5) is 54.6. The van der Waals surface area contributed by atoms with Crippen molar-refractivity contribution in [3.8, 4) is 22.9 Å². The third-order valence-electron chi connectivity index (χ3n) is 7.37. The Labute approximate surface area is 299 Å². The highest BCUT2D eigenvalue weighted by molar-refractivity contribution is 7.94. The largest absolute Gasteiger partial charge is 0.493 e. The van der Waals surface area contributed by atoms with E-state index in [4.69, 9.17) is 9.32 Å². The van der Waals surface area contributed by atoms with E-state index in [9.17, 15) is 37.8 Å². The zero-order valence-electron chi connectivity index (χ0n) is 28.8. The Hall–Kier alpha value is -5.26. The summed E-state index contributed by atoms with van der Waals surface area (Å²) in [6, 6.07) is 8.50. The third kappa shape index (κ3) is 8.43. The van der Waals surface area contributed by atoms with Crippen LogP contribution in [-0.2, 0) is 47.5 Å². The van der Waals surface area contributed by atoms with Gasteiger partial charge in [-0.3, -0.25) is 27.9 Å². The van der Waals surface area contributed by atoms with Crippen LogP contribution in [0.4, 0.5) is 22.7 Å². The first kappa shape index (κ1) is 39.5. The quantitative estimate of drug-likeness (QED) is 0.0449. The molecule has 2 aromatic heterocycles. The Morgan fingerprint density at radius 3 is 1.73 bits per heavy atom. The molecule has 4 aromatic rings. The molecule has 4 N–H and O–H groups in total. The molecule has 22 heteroatoms. The van der Waals surface area contributed by atoms with Gasteiger partial charge in [0.05, 0.1) is 28.3 Å². The summed E-state index contributed by atoms with van der Waals surface area (Å²) < 4.78 is 38.2. The molecule has 0 saturated carbocycles. The molecule has 0 aliphatic rings. The summed E-state index contributed by atoms with van der Waals surface area (Å²) in [6.07, 6.45) is 1.22. The number of hydrogen-bond donors (Lipinski definition) is 4. The number of hydroxylamine groups is 1. The minimum Gasteiger partial charge on any atom is -0.493 e. The molecule has 0 aliphatic heterocycles. The summed E-state index contributed by atoms with van der Waals surface area (Å²) in [7, 11) is 0.711. The van der Waals surface area contributed by atoms with Crippen LogP contribution in [-0.4, -0.2) is 50.0 Å². The molecule has 0 radical (unpaired) electrons. The van der Waals surface area contributed by atoms with Gasteiger partial charge >= 0.3 is 11.4 Å². The number of nitrogens with zero attached hydrogens (tertiary/aromatic N) is 8. The molecule has 52 heavy (non-hydrogen) atoms. The second kappa shape index (κ2) is 16.8. The van der Waals surface area contributed by atoms with Crippen LogP contribution in [0.5, 0.6) is 11.8 Å². The monoisotopic (exact) mass is 760 g/mol. The van der Waals surface area contributed by atoms with Crippen molar-refractivity contribution in [2.45, 2.75) is 36.5 Å². The Balaban J connectivity index is 1.86. The predicted octanol–water partition coefficient (Wildman–Crippen LogP) is 2.95. The molecule has 0 spiro atoms. The molecule has 20 nitrogen and oxygen atoms in total. The molecule has 0 unspecified atom stereocenters. The van der Waals surface area contributed by atoms with Crippen LogP contribution < -0.4 is 32.7 Å². The maximum atomic E-state index is 13.7.